The van der Waals surface area contributed by atoms with Crippen LogP contribution in [0.1, 0.15) is 31.5 Å². The Morgan fingerprint density at radius 3 is 2.83 bits per heavy atom. The molecule has 0 unspecified atom stereocenters. The van der Waals surface area contributed by atoms with Crippen LogP contribution < -0.4 is 5.32 Å². The van der Waals surface area contributed by atoms with Crippen LogP contribution in [0.15, 0.2) is 36.9 Å². The zero-order valence-electron chi connectivity index (χ0n) is 13.0. The van der Waals surface area contributed by atoms with Crippen molar-refractivity contribution >= 4 is 17.2 Å². The molecule has 0 bridgehead atoms. The SMILES string of the molecule is Cc1nc(C(=O)NCc2cccc(Cn3cncn3)c2)c(C)s1. The van der Waals surface area contributed by atoms with Crippen molar-refractivity contribution < 1.29 is 4.79 Å². The number of nitrogens with zero attached hydrogens (tertiary/aromatic N) is 4. The van der Waals surface area contributed by atoms with Gasteiger partial charge in [-0.15, -0.1) is 11.3 Å². The van der Waals surface area contributed by atoms with Crippen LogP contribution in [0.25, 0.3) is 0 Å². The van der Waals surface area contributed by atoms with E-state index in [0.29, 0.717) is 18.8 Å². The molecule has 0 saturated carbocycles. The number of carbonyl (C=O) groups is 1. The van der Waals surface area contributed by atoms with E-state index in [1.54, 1.807) is 11.0 Å². The summed E-state index contributed by atoms with van der Waals surface area (Å²) in [6.45, 7) is 4.95. The predicted molar refractivity (Wildman–Crippen MR) is 88.3 cm³/mol. The van der Waals surface area contributed by atoms with Crippen LogP contribution in [-0.2, 0) is 13.1 Å². The average molecular weight is 327 g/mol. The zero-order valence-corrected chi connectivity index (χ0v) is 13.8. The molecule has 6 nitrogen and oxygen atoms in total. The van der Waals surface area contributed by atoms with Gasteiger partial charge in [0.25, 0.3) is 5.91 Å². The Labute approximate surface area is 138 Å². The standard InChI is InChI=1S/C16H17N5OS/c1-11-15(20-12(2)23-11)16(22)18-7-13-4-3-5-14(6-13)8-21-10-17-9-19-21/h3-6,9-10H,7-8H2,1-2H3,(H,18,22). The summed E-state index contributed by atoms with van der Waals surface area (Å²) >= 11 is 1.54. The van der Waals surface area contributed by atoms with E-state index in [1.807, 2.05) is 32.0 Å². The smallest absolute Gasteiger partial charge is 0.271 e. The summed E-state index contributed by atoms with van der Waals surface area (Å²) < 4.78 is 1.76. The Kier molecular flexibility index (Phi) is 4.47. The van der Waals surface area contributed by atoms with Crippen LogP contribution in [0.3, 0.4) is 0 Å². The molecule has 1 N–H and O–H groups in total. The van der Waals surface area contributed by atoms with Crippen LogP contribution >= 0.6 is 11.3 Å². The maximum atomic E-state index is 12.2. The molecule has 0 spiro atoms. The fraction of sp³-hybridized carbons (Fsp3) is 0.250. The minimum atomic E-state index is -0.131. The van der Waals surface area contributed by atoms with Gasteiger partial charge in [-0.25, -0.2) is 14.6 Å². The molecule has 1 aromatic carbocycles. The Morgan fingerprint density at radius 1 is 1.30 bits per heavy atom. The van der Waals surface area contributed by atoms with Crippen molar-refractivity contribution in [3.05, 3.63) is 63.6 Å². The molecule has 0 aliphatic heterocycles. The van der Waals surface area contributed by atoms with Gasteiger partial charge in [0.2, 0.25) is 0 Å². The lowest BCUT2D eigenvalue weighted by atomic mass is 10.1. The first-order chi connectivity index (χ1) is 11.1. The van der Waals surface area contributed by atoms with Crippen molar-refractivity contribution in [2.24, 2.45) is 0 Å². The number of hydrogen-bond donors (Lipinski definition) is 1. The van der Waals surface area contributed by atoms with Gasteiger partial charge in [-0.2, -0.15) is 5.10 Å². The fourth-order valence-electron chi connectivity index (χ4n) is 2.35. The van der Waals surface area contributed by atoms with E-state index in [9.17, 15) is 4.79 Å². The number of nitrogens with one attached hydrogen (secondary N) is 1. The highest BCUT2D eigenvalue weighted by Gasteiger charge is 2.13. The van der Waals surface area contributed by atoms with Crippen LogP contribution in [0.4, 0.5) is 0 Å². The number of amides is 1. The molecule has 23 heavy (non-hydrogen) atoms. The second kappa shape index (κ2) is 6.70. The molecule has 118 valence electrons. The molecule has 0 radical (unpaired) electrons. The molecule has 0 fully saturated rings. The normalized spacial score (nSPS) is 10.7. The van der Waals surface area contributed by atoms with E-state index in [4.69, 9.17) is 0 Å². The predicted octanol–water partition coefficient (Wildman–Crippen LogP) is 2.33. The lowest BCUT2D eigenvalue weighted by Gasteiger charge is -2.07. The van der Waals surface area contributed by atoms with Gasteiger partial charge in [-0.1, -0.05) is 24.3 Å². The second-order valence-electron chi connectivity index (χ2n) is 5.23. The number of aromatic nitrogens is 4. The van der Waals surface area contributed by atoms with Crippen LogP contribution in [0.2, 0.25) is 0 Å². The Hall–Kier alpha value is -2.54. The van der Waals surface area contributed by atoms with Crippen LogP contribution in [0.5, 0.6) is 0 Å². The van der Waals surface area contributed by atoms with Gasteiger partial charge in [0.05, 0.1) is 11.6 Å². The van der Waals surface area contributed by atoms with Gasteiger partial charge in [-0.05, 0) is 25.0 Å². The molecule has 3 rings (SSSR count). The molecular formula is C16H17N5OS. The molecule has 2 aromatic heterocycles. The highest BCUT2D eigenvalue weighted by Crippen LogP contribution is 2.16. The van der Waals surface area contributed by atoms with E-state index in [1.165, 1.54) is 17.7 Å². The van der Waals surface area contributed by atoms with Crippen LogP contribution in [0, 0.1) is 13.8 Å². The molecular weight excluding hydrogens is 310 g/mol. The first-order valence-electron chi connectivity index (χ1n) is 7.24. The third-order valence-corrected chi connectivity index (χ3v) is 4.26. The van der Waals surface area contributed by atoms with E-state index in [2.05, 4.69) is 26.4 Å². The summed E-state index contributed by atoms with van der Waals surface area (Å²) in [5.41, 5.74) is 2.68. The first kappa shape index (κ1) is 15.4. The maximum absolute atomic E-state index is 12.2. The summed E-state index contributed by atoms with van der Waals surface area (Å²) in [6.07, 6.45) is 3.20. The van der Waals surface area contributed by atoms with E-state index in [-0.39, 0.29) is 5.91 Å². The van der Waals surface area contributed by atoms with Gasteiger partial charge in [0.1, 0.15) is 18.3 Å². The van der Waals surface area contributed by atoms with Gasteiger partial charge >= 0.3 is 0 Å². The van der Waals surface area contributed by atoms with Crippen molar-refractivity contribution in [2.75, 3.05) is 0 Å². The molecule has 0 atom stereocenters. The number of aryl methyl sites for hydroxylation is 2. The molecule has 0 aliphatic carbocycles. The number of rotatable bonds is 5. The number of thiazole rings is 1. The van der Waals surface area contributed by atoms with E-state index in [0.717, 1.165) is 21.0 Å². The summed E-state index contributed by atoms with van der Waals surface area (Å²) in [5.74, 6) is -0.131. The van der Waals surface area contributed by atoms with Crippen molar-refractivity contribution in [1.82, 2.24) is 25.1 Å². The summed E-state index contributed by atoms with van der Waals surface area (Å²) in [6, 6.07) is 8.05. The highest BCUT2D eigenvalue weighted by molar-refractivity contribution is 7.11. The summed E-state index contributed by atoms with van der Waals surface area (Å²) in [5, 5.41) is 7.93. The number of hydrogen-bond acceptors (Lipinski definition) is 5. The minimum Gasteiger partial charge on any atom is -0.347 e. The number of benzene rings is 1. The minimum absolute atomic E-state index is 0.131. The van der Waals surface area contributed by atoms with Gasteiger partial charge in [0.15, 0.2) is 0 Å². The zero-order chi connectivity index (χ0) is 16.2. The molecule has 2 heterocycles. The lowest BCUT2D eigenvalue weighted by Crippen LogP contribution is -2.23. The third-order valence-electron chi connectivity index (χ3n) is 3.37. The van der Waals surface area contributed by atoms with Gasteiger partial charge < -0.3 is 5.32 Å². The molecule has 3 aromatic rings. The Balaban J connectivity index is 1.64. The number of carbonyl (C=O) groups excluding carboxylic acids is 1. The molecule has 0 saturated heterocycles. The van der Waals surface area contributed by atoms with E-state index >= 15 is 0 Å². The quantitative estimate of drug-likeness (QED) is 0.780. The van der Waals surface area contributed by atoms with Crippen molar-refractivity contribution in [1.29, 1.82) is 0 Å². The Bertz CT molecular complexity index is 810. The summed E-state index contributed by atoms with van der Waals surface area (Å²) in [7, 11) is 0. The average Bonchev–Trinajstić information content (AvgIpc) is 3.14. The first-order valence-corrected chi connectivity index (χ1v) is 8.06. The topological polar surface area (TPSA) is 72.7 Å². The molecule has 7 heteroatoms. The largest absolute Gasteiger partial charge is 0.347 e. The van der Waals surface area contributed by atoms with Crippen molar-refractivity contribution in [3.63, 3.8) is 0 Å². The van der Waals surface area contributed by atoms with E-state index < -0.39 is 0 Å². The fourth-order valence-corrected chi connectivity index (χ4v) is 3.16. The van der Waals surface area contributed by atoms with Crippen molar-refractivity contribution in [2.45, 2.75) is 26.9 Å². The maximum Gasteiger partial charge on any atom is 0.271 e. The Morgan fingerprint density at radius 2 is 2.13 bits per heavy atom. The second-order valence-corrected chi connectivity index (χ2v) is 6.64. The van der Waals surface area contributed by atoms with Crippen LogP contribution in [-0.4, -0.2) is 25.7 Å². The molecule has 0 aliphatic rings. The van der Waals surface area contributed by atoms with Crippen molar-refractivity contribution in [3.8, 4) is 0 Å². The van der Waals surface area contributed by atoms with Gasteiger partial charge in [0, 0.05) is 11.4 Å². The third kappa shape index (κ3) is 3.81. The lowest BCUT2D eigenvalue weighted by molar-refractivity contribution is 0.0946. The molecule has 1 amide bonds. The highest BCUT2D eigenvalue weighted by atomic mass is 32.1. The van der Waals surface area contributed by atoms with Gasteiger partial charge in [-0.3, -0.25) is 4.79 Å². The summed E-state index contributed by atoms with van der Waals surface area (Å²) in [4.78, 5) is 21.4. The monoisotopic (exact) mass is 327 g/mol.